The number of halogens is 1. The van der Waals surface area contributed by atoms with Crippen LogP contribution in [0.1, 0.15) is 26.7 Å². The van der Waals surface area contributed by atoms with Crippen LogP contribution < -0.4 is 5.32 Å². The van der Waals surface area contributed by atoms with Gasteiger partial charge in [0.25, 0.3) is 0 Å². The first-order valence-electron chi connectivity index (χ1n) is 4.68. The average molecular weight is 283 g/mol. The molecule has 2 heteroatoms. The third kappa shape index (κ3) is 4.45. The Kier molecular flexibility index (Phi) is 8.34. The summed E-state index contributed by atoms with van der Waals surface area (Å²) in [5.74, 6) is 0. The second kappa shape index (κ2) is 8.05. The molecule has 1 atom stereocenters. The van der Waals surface area contributed by atoms with Crippen molar-refractivity contribution in [2.75, 3.05) is 15.9 Å². The molecular formula is C10H22IN. The van der Waals surface area contributed by atoms with Crippen molar-refractivity contribution in [1.82, 2.24) is 5.32 Å². The minimum absolute atomic E-state index is 0.700. The third-order valence-electron chi connectivity index (χ3n) is 1.94. The average Bonchev–Trinajstić information content (AvgIpc) is 2.12. The number of hydrogen-bond donors (Lipinski definition) is 1. The molecule has 0 bridgehead atoms. The van der Waals surface area contributed by atoms with Gasteiger partial charge >= 0.3 is 84.4 Å². The number of hydrogen-bond acceptors (Lipinski definition) is 1. The summed E-state index contributed by atoms with van der Waals surface area (Å²) in [6, 6.07) is 0. The van der Waals surface area contributed by atoms with E-state index in [2.05, 4.69) is 38.9 Å². The Morgan fingerprint density at radius 3 is 2.50 bits per heavy atom. The number of nitrogens with one attached hydrogen (secondary N) is 1. The van der Waals surface area contributed by atoms with Gasteiger partial charge < -0.3 is 0 Å². The Balaban J connectivity index is 3.83. The predicted molar refractivity (Wildman–Crippen MR) is 67.4 cm³/mol. The van der Waals surface area contributed by atoms with E-state index >= 15 is 0 Å². The molecule has 0 aliphatic rings. The molecule has 0 aromatic carbocycles. The van der Waals surface area contributed by atoms with E-state index in [1.54, 1.807) is 0 Å². The molecule has 74 valence electrons. The van der Waals surface area contributed by atoms with Crippen molar-refractivity contribution in [2.24, 2.45) is 0 Å². The van der Waals surface area contributed by atoms with Gasteiger partial charge in [-0.3, -0.25) is 0 Å². The second-order valence-electron chi connectivity index (χ2n) is 2.70. The molecule has 0 saturated heterocycles. The van der Waals surface area contributed by atoms with Crippen LogP contribution in [-0.2, 0) is 0 Å². The van der Waals surface area contributed by atoms with Gasteiger partial charge in [-0.1, -0.05) is 0 Å². The van der Waals surface area contributed by atoms with E-state index in [0.717, 1.165) is 4.05 Å². The second-order valence-corrected chi connectivity index (χ2v) is 9.64. The Morgan fingerprint density at radius 1 is 1.50 bits per heavy atom. The van der Waals surface area contributed by atoms with Crippen LogP contribution in [0.25, 0.3) is 0 Å². The molecule has 0 radical (unpaired) electrons. The van der Waals surface area contributed by atoms with Crippen LogP contribution in [0.4, 0.5) is 0 Å². The Bertz CT molecular complexity index is 110. The summed E-state index contributed by atoms with van der Waals surface area (Å²) in [5, 5.41) is 3.45. The van der Waals surface area contributed by atoms with Gasteiger partial charge in [-0.15, -0.1) is 0 Å². The Morgan fingerprint density at radius 2 is 2.17 bits per heavy atom. The van der Waals surface area contributed by atoms with Gasteiger partial charge in [0.1, 0.15) is 0 Å². The third-order valence-corrected chi connectivity index (χ3v) is 9.54. The Labute approximate surface area is 84.4 Å². The van der Waals surface area contributed by atoms with E-state index in [1.165, 1.54) is 21.7 Å². The maximum atomic E-state index is 3.78. The van der Waals surface area contributed by atoms with E-state index in [-0.39, 0.29) is 0 Å². The maximum absolute atomic E-state index is 3.78. The SMILES string of the molecule is C=CCCI(CC)C(CC)NC. The molecule has 0 saturated carbocycles. The van der Waals surface area contributed by atoms with Gasteiger partial charge in [0.15, 0.2) is 0 Å². The van der Waals surface area contributed by atoms with Crippen molar-refractivity contribution in [2.45, 2.75) is 30.7 Å². The van der Waals surface area contributed by atoms with Crippen LogP contribution >= 0.6 is 19.8 Å². The van der Waals surface area contributed by atoms with Crippen LogP contribution in [0.5, 0.6) is 0 Å². The van der Waals surface area contributed by atoms with Crippen LogP contribution in [0.15, 0.2) is 12.7 Å². The quantitative estimate of drug-likeness (QED) is 0.328. The van der Waals surface area contributed by atoms with Crippen molar-refractivity contribution >= 4 is 19.8 Å². The van der Waals surface area contributed by atoms with Crippen molar-refractivity contribution in [3.63, 3.8) is 0 Å². The molecule has 0 aliphatic heterocycles. The summed E-state index contributed by atoms with van der Waals surface area (Å²) < 4.78 is 3.71. The summed E-state index contributed by atoms with van der Waals surface area (Å²) in [6.07, 6.45) is 4.58. The first-order chi connectivity index (χ1) is 5.79. The predicted octanol–water partition coefficient (Wildman–Crippen LogP) is 3.04. The van der Waals surface area contributed by atoms with Gasteiger partial charge in [-0.05, 0) is 0 Å². The van der Waals surface area contributed by atoms with Crippen molar-refractivity contribution in [3.8, 4) is 0 Å². The fraction of sp³-hybridized carbons (Fsp3) is 0.800. The molecule has 0 spiro atoms. The fourth-order valence-corrected chi connectivity index (χ4v) is 7.19. The first-order valence-corrected chi connectivity index (χ1v) is 8.98. The zero-order chi connectivity index (χ0) is 9.40. The van der Waals surface area contributed by atoms with E-state index < -0.39 is 19.8 Å². The molecule has 1 nitrogen and oxygen atoms in total. The summed E-state index contributed by atoms with van der Waals surface area (Å²) in [5.41, 5.74) is 0. The first kappa shape index (κ1) is 12.4. The van der Waals surface area contributed by atoms with E-state index in [9.17, 15) is 0 Å². The fourth-order valence-electron chi connectivity index (χ4n) is 1.25. The molecule has 1 unspecified atom stereocenters. The monoisotopic (exact) mass is 283 g/mol. The standard InChI is InChI=1S/C10H22IN/c1-5-8-9-11(7-3)10(6-2)12-4/h5,10,12H,1,6-9H2,2-4H3. The van der Waals surface area contributed by atoms with Gasteiger partial charge in [-0.2, -0.15) is 0 Å². The molecule has 0 rings (SSSR count). The molecule has 1 N–H and O–H groups in total. The summed E-state index contributed by atoms with van der Waals surface area (Å²) in [4.78, 5) is 0. The molecule has 0 aromatic heterocycles. The zero-order valence-electron chi connectivity index (χ0n) is 8.57. The number of alkyl halides is 3. The molecule has 0 aromatic rings. The van der Waals surface area contributed by atoms with E-state index in [4.69, 9.17) is 0 Å². The van der Waals surface area contributed by atoms with Gasteiger partial charge in [0, 0.05) is 0 Å². The molecule has 0 aliphatic carbocycles. The molecule has 12 heavy (non-hydrogen) atoms. The summed E-state index contributed by atoms with van der Waals surface area (Å²) in [7, 11) is 2.10. The van der Waals surface area contributed by atoms with Crippen molar-refractivity contribution in [3.05, 3.63) is 12.7 Å². The van der Waals surface area contributed by atoms with E-state index in [0.29, 0.717) is 0 Å². The van der Waals surface area contributed by atoms with Crippen molar-refractivity contribution in [1.29, 1.82) is 0 Å². The van der Waals surface area contributed by atoms with Gasteiger partial charge in [-0.25, -0.2) is 0 Å². The zero-order valence-corrected chi connectivity index (χ0v) is 10.7. The molecule has 0 amide bonds. The van der Waals surface area contributed by atoms with Crippen LogP contribution in [0, 0.1) is 0 Å². The van der Waals surface area contributed by atoms with Crippen LogP contribution in [-0.4, -0.2) is 20.0 Å². The van der Waals surface area contributed by atoms with Crippen LogP contribution in [0.2, 0.25) is 0 Å². The number of allylic oxidation sites excluding steroid dienone is 1. The van der Waals surface area contributed by atoms with E-state index in [1.807, 2.05) is 0 Å². The van der Waals surface area contributed by atoms with Gasteiger partial charge in [0.2, 0.25) is 0 Å². The molecule has 0 fully saturated rings. The van der Waals surface area contributed by atoms with Crippen LogP contribution in [0.3, 0.4) is 0 Å². The summed E-state index contributed by atoms with van der Waals surface area (Å²) in [6.45, 7) is 8.41. The molecule has 0 heterocycles. The van der Waals surface area contributed by atoms with Crippen molar-refractivity contribution < 1.29 is 0 Å². The Hall–Kier alpha value is 0.430. The molecular weight excluding hydrogens is 261 g/mol. The minimum atomic E-state index is -0.700. The number of rotatable bonds is 7. The summed E-state index contributed by atoms with van der Waals surface area (Å²) >= 11 is -0.700. The van der Waals surface area contributed by atoms with Gasteiger partial charge in [0.05, 0.1) is 0 Å². The normalized spacial score (nSPS) is 14.1. The topological polar surface area (TPSA) is 12.0 Å².